The molecule has 1 nitrogen and oxygen atoms in total. The molecular formula is C63H87NSi. The molecule has 0 bridgehead atoms. The van der Waals surface area contributed by atoms with Crippen molar-refractivity contribution in [3.8, 4) is 11.1 Å². The van der Waals surface area contributed by atoms with Crippen molar-refractivity contribution in [2.45, 2.75) is 207 Å². The second-order valence-corrected chi connectivity index (χ2v) is 30.6. The number of unbranched alkanes of at least 4 members (excludes halogenated alkanes) is 2. The maximum Gasteiger partial charge on any atom is 0.127 e. The van der Waals surface area contributed by atoms with E-state index in [1.54, 1.807) is 11.1 Å². The van der Waals surface area contributed by atoms with Crippen LogP contribution >= 0.6 is 0 Å². The number of allylic oxidation sites excluding steroid dienone is 4. The molecule has 0 amide bonds. The second kappa shape index (κ2) is 16.4. The third kappa shape index (κ3) is 7.66. The van der Waals surface area contributed by atoms with E-state index in [-0.39, 0.29) is 27.3 Å². The van der Waals surface area contributed by atoms with Crippen LogP contribution in [0, 0.1) is 24.7 Å². The molecule has 4 aromatic carbocycles. The average Bonchev–Trinajstić information content (AvgIpc) is 3.80. The predicted octanol–water partition coefficient (Wildman–Crippen LogP) is 17.7. The molecule has 348 valence electrons. The van der Waals surface area contributed by atoms with Crippen LogP contribution in [0.1, 0.15) is 199 Å². The summed E-state index contributed by atoms with van der Waals surface area (Å²) in [5.41, 5.74) is 19.6. The van der Waals surface area contributed by atoms with Crippen LogP contribution in [0.5, 0.6) is 0 Å². The van der Waals surface area contributed by atoms with Crippen LogP contribution in [0.3, 0.4) is 0 Å². The first kappa shape index (κ1) is 48.0. The van der Waals surface area contributed by atoms with E-state index in [1.807, 2.05) is 5.57 Å². The number of rotatable bonds is 10. The Morgan fingerprint density at radius 2 is 1.11 bits per heavy atom. The Hall–Kier alpha value is -3.46. The van der Waals surface area contributed by atoms with Crippen LogP contribution in [0.15, 0.2) is 96.6 Å². The number of hydrogen-bond donors (Lipinski definition) is 0. The van der Waals surface area contributed by atoms with Crippen molar-refractivity contribution in [2.24, 2.45) is 17.8 Å². The van der Waals surface area contributed by atoms with Gasteiger partial charge in [-0.2, -0.15) is 0 Å². The molecule has 4 unspecified atom stereocenters. The molecular weight excluding hydrogens is 799 g/mol. The topological polar surface area (TPSA) is 3.24 Å². The standard InChI is InChI=1S/C63H87NSi/c1-19-21-35-62(36-22-20-2)52-40-47(30-34-50(52)51-31-25-43-37-42(4)57(55(43)56(51)62)65(17,18)64(60(11,12)13)61(14,15)16)63(44-26-23-41(3)24-27-44)53-38-45(58(5,6)7)28-32-48(53)49-33-29-46(39-54(49)63)59(8,9)10/h23-34,38-40,42-43,55,57H,19-22,35-37H2,1-18H3. The molecule has 0 aliphatic heterocycles. The van der Waals surface area contributed by atoms with Crippen LogP contribution in [-0.2, 0) is 21.7 Å². The van der Waals surface area contributed by atoms with Crippen LogP contribution < -0.4 is 0 Å². The highest BCUT2D eigenvalue weighted by Crippen LogP contribution is 2.67. The number of aryl methyl sites for hydroxylation is 1. The molecule has 4 aromatic rings. The number of benzene rings is 4. The Kier molecular flexibility index (Phi) is 12.1. The van der Waals surface area contributed by atoms with E-state index in [4.69, 9.17) is 0 Å². The minimum atomic E-state index is -2.08. The zero-order valence-electron chi connectivity index (χ0n) is 44.4. The second-order valence-electron chi connectivity index (χ2n) is 26.1. The first-order chi connectivity index (χ1) is 30.2. The van der Waals surface area contributed by atoms with Gasteiger partial charge in [-0.15, -0.1) is 0 Å². The Labute approximate surface area is 399 Å². The number of nitrogens with zero attached hydrogens (tertiary/aromatic N) is 1. The molecule has 0 spiro atoms. The van der Waals surface area contributed by atoms with Crippen molar-refractivity contribution >= 4 is 13.8 Å². The fraction of sp³-hybridized carbons (Fsp3) is 0.556. The maximum absolute atomic E-state index is 3.05. The SMILES string of the molecule is CCCCC1(CCCC)C2=C(C=CC3CC(C)C([Si](C)(C)N(C(C)(C)C)C(C)(C)C)C23)c2ccc(C3(c4ccc(C)cc4)c4cc(C(C)(C)C)ccc4-c4ccc(C(C)(C)C)cc43)cc21. The summed E-state index contributed by atoms with van der Waals surface area (Å²) in [6.45, 7) is 44.5. The van der Waals surface area contributed by atoms with E-state index in [0.717, 1.165) is 0 Å². The van der Waals surface area contributed by atoms with E-state index in [0.29, 0.717) is 23.3 Å². The smallest absolute Gasteiger partial charge is 0.127 e. The Morgan fingerprint density at radius 3 is 1.58 bits per heavy atom. The first-order valence-electron chi connectivity index (χ1n) is 26.0. The average molecular weight is 886 g/mol. The molecule has 4 aliphatic carbocycles. The molecule has 0 radical (unpaired) electrons. The van der Waals surface area contributed by atoms with Gasteiger partial charge in [0.15, 0.2) is 0 Å². The summed E-state index contributed by atoms with van der Waals surface area (Å²) in [4.78, 5) is 0. The molecule has 0 heterocycles. The maximum atomic E-state index is 3.05. The molecule has 0 N–H and O–H groups in total. The van der Waals surface area contributed by atoms with Gasteiger partial charge >= 0.3 is 0 Å². The monoisotopic (exact) mass is 886 g/mol. The van der Waals surface area contributed by atoms with Gasteiger partial charge in [-0.1, -0.05) is 198 Å². The quantitative estimate of drug-likeness (QED) is 0.126. The molecule has 1 saturated carbocycles. The van der Waals surface area contributed by atoms with Crippen LogP contribution in [0.4, 0.5) is 0 Å². The van der Waals surface area contributed by atoms with E-state index < -0.39 is 13.7 Å². The van der Waals surface area contributed by atoms with E-state index in [9.17, 15) is 0 Å². The lowest BCUT2D eigenvalue weighted by Gasteiger charge is -2.58. The zero-order valence-corrected chi connectivity index (χ0v) is 45.4. The molecule has 0 aromatic heterocycles. The van der Waals surface area contributed by atoms with Crippen molar-refractivity contribution in [1.29, 1.82) is 0 Å². The predicted molar refractivity (Wildman–Crippen MR) is 286 cm³/mol. The minimum Gasteiger partial charge on any atom is -0.314 e. The van der Waals surface area contributed by atoms with Gasteiger partial charge in [0.25, 0.3) is 0 Å². The highest BCUT2D eigenvalue weighted by molar-refractivity contribution is 6.76. The summed E-state index contributed by atoms with van der Waals surface area (Å²) >= 11 is 0. The molecule has 4 atom stereocenters. The van der Waals surface area contributed by atoms with Crippen molar-refractivity contribution in [1.82, 2.24) is 4.57 Å². The summed E-state index contributed by atoms with van der Waals surface area (Å²) in [6, 6.07) is 32.7. The van der Waals surface area contributed by atoms with Crippen LogP contribution in [0.25, 0.3) is 16.7 Å². The molecule has 0 saturated heterocycles. The number of fused-ring (bicyclic) bond motifs is 7. The minimum absolute atomic E-state index is 0.000699. The third-order valence-corrected chi connectivity index (χ3v) is 22.1. The van der Waals surface area contributed by atoms with E-state index >= 15 is 0 Å². The van der Waals surface area contributed by atoms with Crippen molar-refractivity contribution in [3.05, 3.63) is 147 Å². The van der Waals surface area contributed by atoms with Gasteiger partial charge in [-0.25, -0.2) is 0 Å². The third-order valence-electron chi connectivity index (χ3n) is 17.0. The highest BCUT2D eigenvalue weighted by Gasteiger charge is 2.61. The van der Waals surface area contributed by atoms with Crippen LogP contribution in [0.2, 0.25) is 18.6 Å². The zero-order chi connectivity index (χ0) is 47.4. The lowest BCUT2D eigenvalue weighted by molar-refractivity contribution is 0.120. The van der Waals surface area contributed by atoms with E-state index in [2.05, 4.69) is 219 Å². The first-order valence-corrected chi connectivity index (χ1v) is 29.0. The molecule has 8 rings (SSSR count). The van der Waals surface area contributed by atoms with Gasteiger partial charge in [0.1, 0.15) is 8.24 Å². The molecule has 1 fully saturated rings. The summed E-state index contributed by atoms with van der Waals surface area (Å²) in [6.07, 6.45) is 14.1. The normalized spacial score (nSPS) is 22.3. The van der Waals surface area contributed by atoms with Crippen molar-refractivity contribution in [2.75, 3.05) is 0 Å². The fourth-order valence-electron chi connectivity index (χ4n) is 15.3. The van der Waals surface area contributed by atoms with Gasteiger partial charge in [0.2, 0.25) is 0 Å². The summed E-state index contributed by atoms with van der Waals surface area (Å²) in [5.74, 6) is 1.83. The van der Waals surface area contributed by atoms with Gasteiger partial charge in [0, 0.05) is 16.5 Å². The van der Waals surface area contributed by atoms with Crippen molar-refractivity contribution < 1.29 is 0 Å². The Balaban J connectivity index is 1.44. The highest BCUT2D eigenvalue weighted by atomic mass is 28.3. The molecule has 2 heteroatoms. The van der Waals surface area contributed by atoms with Crippen molar-refractivity contribution in [3.63, 3.8) is 0 Å². The summed E-state index contributed by atoms with van der Waals surface area (Å²) in [7, 11) is -2.08. The number of hydrogen-bond acceptors (Lipinski definition) is 1. The van der Waals surface area contributed by atoms with Crippen LogP contribution in [-0.4, -0.2) is 23.9 Å². The van der Waals surface area contributed by atoms with Gasteiger partial charge in [0.05, 0.1) is 5.41 Å². The molecule has 4 aliphatic rings. The summed E-state index contributed by atoms with van der Waals surface area (Å²) < 4.78 is 3.05. The Morgan fingerprint density at radius 1 is 0.615 bits per heavy atom. The van der Waals surface area contributed by atoms with E-state index in [1.165, 1.54) is 101 Å². The fourth-order valence-corrected chi connectivity index (χ4v) is 21.9. The van der Waals surface area contributed by atoms with Gasteiger partial charge in [-0.3, -0.25) is 0 Å². The largest absolute Gasteiger partial charge is 0.314 e. The summed E-state index contributed by atoms with van der Waals surface area (Å²) in [5, 5.41) is 0. The van der Waals surface area contributed by atoms with Gasteiger partial charge in [-0.05, 0) is 169 Å². The van der Waals surface area contributed by atoms with Gasteiger partial charge < -0.3 is 4.57 Å². The lowest BCUT2D eigenvalue weighted by Crippen LogP contribution is -2.68. The molecule has 65 heavy (non-hydrogen) atoms. The Bertz CT molecular complexity index is 2410. The lowest BCUT2D eigenvalue weighted by atomic mass is 9.62.